The number of methoxy groups -OCH3 is 1. The van der Waals surface area contributed by atoms with Gasteiger partial charge in [-0.1, -0.05) is 0 Å². The Morgan fingerprint density at radius 1 is 1.29 bits per heavy atom. The van der Waals surface area contributed by atoms with Crippen molar-refractivity contribution in [1.82, 2.24) is 10.6 Å². The third kappa shape index (κ3) is 8.17. The topological polar surface area (TPSA) is 137 Å². The molecule has 0 aliphatic rings. The molecule has 0 bridgehead atoms. The van der Waals surface area contributed by atoms with Crippen LogP contribution in [0.2, 0.25) is 0 Å². The van der Waals surface area contributed by atoms with Gasteiger partial charge in [0, 0.05) is 26.5 Å². The molecule has 17 heavy (non-hydrogen) atoms. The number of ether oxygens (including phenoxy) is 1. The van der Waals surface area contributed by atoms with Gasteiger partial charge in [0.1, 0.15) is 0 Å². The zero-order chi connectivity index (χ0) is 13.3. The minimum absolute atomic E-state index is 0.0795. The number of hydrogen-bond donors (Lipinski definition) is 4. The van der Waals surface area contributed by atoms with E-state index in [0.29, 0.717) is 13.2 Å². The first-order valence-electron chi connectivity index (χ1n) is 5.07. The summed E-state index contributed by atoms with van der Waals surface area (Å²) in [4.78, 5) is 32.9. The van der Waals surface area contributed by atoms with E-state index in [9.17, 15) is 14.4 Å². The average Bonchev–Trinajstić information content (AvgIpc) is 2.26. The third-order valence-electron chi connectivity index (χ3n) is 1.80. The second-order valence-electron chi connectivity index (χ2n) is 3.30. The lowest BCUT2D eigenvalue weighted by atomic mass is 10.3. The molecule has 0 rings (SSSR count). The molecule has 0 radical (unpaired) electrons. The van der Waals surface area contributed by atoms with E-state index in [4.69, 9.17) is 16.2 Å². The van der Waals surface area contributed by atoms with E-state index in [1.54, 1.807) is 0 Å². The Morgan fingerprint density at radius 2 is 1.94 bits per heavy atom. The molecule has 0 saturated heterocycles. The van der Waals surface area contributed by atoms with Crippen molar-refractivity contribution in [3.8, 4) is 0 Å². The summed E-state index contributed by atoms with van der Waals surface area (Å²) in [6.45, 7) is 0.661. The molecule has 8 heteroatoms. The van der Waals surface area contributed by atoms with Crippen LogP contribution in [0, 0.1) is 0 Å². The molecule has 0 aromatic heterocycles. The van der Waals surface area contributed by atoms with Gasteiger partial charge in [0.15, 0.2) is 6.17 Å². The number of primary amides is 1. The van der Waals surface area contributed by atoms with Crippen molar-refractivity contribution in [2.24, 2.45) is 11.5 Å². The van der Waals surface area contributed by atoms with Crippen LogP contribution >= 0.6 is 0 Å². The predicted octanol–water partition coefficient (Wildman–Crippen LogP) is -2.58. The Balaban J connectivity index is 3.82. The molecule has 98 valence electrons. The number of amides is 3. The van der Waals surface area contributed by atoms with E-state index < -0.39 is 23.9 Å². The largest absolute Gasteiger partial charge is 0.383 e. The first kappa shape index (κ1) is 15.3. The Bertz CT molecular complexity index is 282. The molecule has 0 aromatic carbocycles. The van der Waals surface area contributed by atoms with E-state index in [0.717, 1.165) is 0 Å². The Kier molecular flexibility index (Phi) is 7.65. The number of hydrogen-bond acceptors (Lipinski definition) is 5. The van der Waals surface area contributed by atoms with Gasteiger partial charge < -0.3 is 26.8 Å². The van der Waals surface area contributed by atoms with Crippen LogP contribution < -0.4 is 22.1 Å². The van der Waals surface area contributed by atoms with Crippen molar-refractivity contribution in [2.75, 3.05) is 20.3 Å². The first-order valence-corrected chi connectivity index (χ1v) is 5.07. The fourth-order valence-corrected chi connectivity index (χ4v) is 0.934. The van der Waals surface area contributed by atoms with Crippen molar-refractivity contribution >= 4 is 17.7 Å². The average molecular weight is 246 g/mol. The smallest absolute Gasteiger partial charge is 0.257 e. The summed E-state index contributed by atoms with van der Waals surface area (Å²) in [6.07, 6.45) is -1.31. The fourth-order valence-electron chi connectivity index (χ4n) is 0.934. The third-order valence-corrected chi connectivity index (χ3v) is 1.80. The number of carbonyl (C=O) groups is 3. The van der Waals surface area contributed by atoms with E-state index >= 15 is 0 Å². The van der Waals surface area contributed by atoms with Gasteiger partial charge in [0.2, 0.25) is 11.8 Å². The van der Waals surface area contributed by atoms with Gasteiger partial charge in [0.05, 0.1) is 6.61 Å². The van der Waals surface area contributed by atoms with E-state index in [1.165, 1.54) is 7.11 Å². The summed E-state index contributed by atoms with van der Waals surface area (Å²) in [5.41, 5.74) is 10.3. The molecule has 0 fully saturated rings. The van der Waals surface area contributed by atoms with E-state index in [1.807, 2.05) is 0 Å². The number of nitrogens with two attached hydrogens (primary N) is 2. The lowest BCUT2D eigenvalue weighted by Crippen LogP contribution is -2.52. The molecule has 6 N–H and O–H groups in total. The van der Waals surface area contributed by atoms with Crippen molar-refractivity contribution in [2.45, 2.75) is 19.0 Å². The summed E-state index contributed by atoms with van der Waals surface area (Å²) in [6, 6.07) is 0. The van der Waals surface area contributed by atoms with Gasteiger partial charge in [-0.25, -0.2) is 0 Å². The highest BCUT2D eigenvalue weighted by Gasteiger charge is 2.15. The zero-order valence-corrected chi connectivity index (χ0v) is 9.69. The van der Waals surface area contributed by atoms with Crippen LogP contribution in [0.15, 0.2) is 0 Å². The molecule has 0 aliphatic carbocycles. The monoisotopic (exact) mass is 246 g/mol. The quantitative estimate of drug-likeness (QED) is 0.275. The van der Waals surface area contributed by atoms with Crippen LogP contribution in [0.5, 0.6) is 0 Å². The zero-order valence-electron chi connectivity index (χ0n) is 9.69. The maximum absolute atomic E-state index is 11.3. The molecular formula is C9H18N4O4. The lowest BCUT2D eigenvalue weighted by molar-refractivity contribution is -0.129. The van der Waals surface area contributed by atoms with Gasteiger partial charge in [0.25, 0.3) is 5.91 Å². The van der Waals surface area contributed by atoms with Gasteiger partial charge in [-0.15, -0.1) is 0 Å². The van der Waals surface area contributed by atoms with Crippen LogP contribution in [0.1, 0.15) is 12.8 Å². The van der Waals surface area contributed by atoms with Crippen molar-refractivity contribution < 1.29 is 19.1 Å². The highest BCUT2D eigenvalue weighted by molar-refractivity contribution is 5.88. The molecule has 0 aliphatic heterocycles. The Morgan fingerprint density at radius 3 is 2.47 bits per heavy atom. The second-order valence-corrected chi connectivity index (χ2v) is 3.30. The fraction of sp³-hybridized carbons (Fsp3) is 0.667. The van der Waals surface area contributed by atoms with Crippen molar-refractivity contribution in [3.05, 3.63) is 0 Å². The van der Waals surface area contributed by atoms with Gasteiger partial charge in [-0.2, -0.15) is 0 Å². The highest BCUT2D eigenvalue weighted by atomic mass is 16.5. The molecule has 0 aromatic rings. The first-order chi connectivity index (χ1) is 7.97. The summed E-state index contributed by atoms with van der Waals surface area (Å²) >= 11 is 0. The van der Waals surface area contributed by atoms with Crippen LogP contribution in [0.4, 0.5) is 0 Å². The Labute approximate surface area is 99.0 Å². The summed E-state index contributed by atoms with van der Waals surface area (Å²) < 4.78 is 4.72. The lowest BCUT2D eigenvalue weighted by Gasteiger charge is -2.13. The molecule has 8 nitrogen and oxygen atoms in total. The molecule has 1 unspecified atom stereocenters. The summed E-state index contributed by atoms with van der Waals surface area (Å²) in [7, 11) is 1.50. The molecule has 1 atom stereocenters. The van der Waals surface area contributed by atoms with Crippen molar-refractivity contribution in [3.63, 3.8) is 0 Å². The normalized spacial score (nSPS) is 11.6. The van der Waals surface area contributed by atoms with Crippen LogP contribution in [-0.2, 0) is 19.1 Å². The maximum Gasteiger partial charge on any atom is 0.257 e. The SMILES string of the molecule is COCCNC(=O)C(N)NC(=O)CCC(N)=O. The highest BCUT2D eigenvalue weighted by Crippen LogP contribution is 1.87. The molecule has 0 saturated carbocycles. The Hall–Kier alpha value is -1.67. The second kappa shape index (κ2) is 8.48. The van der Waals surface area contributed by atoms with Gasteiger partial charge >= 0.3 is 0 Å². The molecule has 3 amide bonds. The number of rotatable bonds is 8. The van der Waals surface area contributed by atoms with Gasteiger partial charge in [-0.3, -0.25) is 14.4 Å². The molecule has 0 spiro atoms. The summed E-state index contributed by atoms with van der Waals surface area (Å²) in [5.74, 6) is -1.61. The minimum Gasteiger partial charge on any atom is -0.383 e. The minimum atomic E-state index is -1.15. The number of carbonyl (C=O) groups excluding carboxylic acids is 3. The number of nitrogens with one attached hydrogen (secondary N) is 2. The predicted molar refractivity (Wildman–Crippen MR) is 59.4 cm³/mol. The maximum atomic E-state index is 11.3. The van der Waals surface area contributed by atoms with Crippen LogP contribution in [-0.4, -0.2) is 44.1 Å². The van der Waals surface area contributed by atoms with E-state index in [2.05, 4.69) is 10.6 Å². The molecular weight excluding hydrogens is 228 g/mol. The standard InChI is InChI=1S/C9H18N4O4/c1-17-5-4-12-9(16)8(11)13-7(15)3-2-6(10)14/h8H,2-5,11H2,1H3,(H2,10,14)(H,12,16)(H,13,15). The van der Waals surface area contributed by atoms with Crippen LogP contribution in [0.25, 0.3) is 0 Å². The van der Waals surface area contributed by atoms with Crippen molar-refractivity contribution in [1.29, 1.82) is 0 Å². The van der Waals surface area contributed by atoms with E-state index in [-0.39, 0.29) is 12.8 Å². The summed E-state index contributed by atoms with van der Waals surface area (Å²) in [5, 5.41) is 4.70. The van der Waals surface area contributed by atoms with Crippen LogP contribution in [0.3, 0.4) is 0 Å². The van der Waals surface area contributed by atoms with Gasteiger partial charge in [-0.05, 0) is 0 Å². The molecule has 0 heterocycles.